The molecule has 0 bridgehead atoms. The molecular formula is C25H22N8O3S. The largest absolute Gasteiger partial charge is 0.490 e. The number of aromatic nitrogens is 5. The van der Waals surface area contributed by atoms with Crippen LogP contribution in [0.4, 0.5) is 17.2 Å². The van der Waals surface area contributed by atoms with Gasteiger partial charge in [-0.05, 0) is 36.4 Å². The van der Waals surface area contributed by atoms with Gasteiger partial charge in [-0.15, -0.1) is 11.3 Å². The number of para-hydroxylation sites is 1. The fourth-order valence-corrected chi connectivity index (χ4v) is 5.24. The van der Waals surface area contributed by atoms with Crippen molar-refractivity contribution in [2.45, 2.75) is 6.54 Å². The van der Waals surface area contributed by atoms with Crippen molar-refractivity contribution in [3.8, 4) is 11.4 Å². The maximum Gasteiger partial charge on any atom is 0.298 e. The fourth-order valence-electron chi connectivity index (χ4n) is 4.29. The normalized spacial score (nSPS) is 12.8. The molecule has 6 rings (SSSR count). The summed E-state index contributed by atoms with van der Waals surface area (Å²) < 4.78 is 8.93. The maximum absolute atomic E-state index is 13.2. The molecule has 0 fully saturated rings. The summed E-state index contributed by atoms with van der Waals surface area (Å²) >= 11 is 1.16. The number of aryl methyl sites for hydroxylation is 1. The highest BCUT2D eigenvalue weighted by atomic mass is 32.1. The first-order valence-electron chi connectivity index (χ1n) is 11.5. The summed E-state index contributed by atoms with van der Waals surface area (Å²) in [5, 5.41) is 6.97. The lowest BCUT2D eigenvalue weighted by Crippen LogP contribution is -2.29. The number of benzene rings is 2. The topological polar surface area (TPSA) is 133 Å². The minimum Gasteiger partial charge on any atom is -0.490 e. The van der Waals surface area contributed by atoms with Gasteiger partial charge >= 0.3 is 0 Å². The highest BCUT2D eigenvalue weighted by Gasteiger charge is 2.23. The fraction of sp³-hybridized carbons (Fsp3) is 0.160. The lowest BCUT2D eigenvalue weighted by molar-refractivity contribution is 0.0954. The van der Waals surface area contributed by atoms with E-state index in [4.69, 9.17) is 10.5 Å². The van der Waals surface area contributed by atoms with Crippen LogP contribution in [-0.4, -0.2) is 43.4 Å². The second-order valence-corrected chi connectivity index (χ2v) is 9.47. The molecule has 0 radical (unpaired) electrons. The summed E-state index contributed by atoms with van der Waals surface area (Å²) in [7, 11) is 1.76. The van der Waals surface area contributed by atoms with Crippen molar-refractivity contribution >= 4 is 44.8 Å². The molecule has 1 aliphatic rings. The number of nitrogens with zero attached hydrogens (tertiary/aromatic N) is 6. The molecular weight excluding hydrogens is 492 g/mol. The van der Waals surface area contributed by atoms with Gasteiger partial charge < -0.3 is 20.7 Å². The predicted molar refractivity (Wildman–Crippen MR) is 141 cm³/mol. The molecule has 1 amide bonds. The average molecular weight is 515 g/mol. The van der Waals surface area contributed by atoms with Crippen LogP contribution in [0.3, 0.4) is 0 Å². The van der Waals surface area contributed by atoms with Gasteiger partial charge in [-0.25, -0.2) is 9.97 Å². The number of fused-ring (bicyclic) bond motifs is 2. The van der Waals surface area contributed by atoms with Gasteiger partial charge in [-0.2, -0.15) is 5.10 Å². The Morgan fingerprint density at radius 2 is 2.00 bits per heavy atom. The van der Waals surface area contributed by atoms with Crippen LogP contribution >= 0.6 is 11.3 Å². The van der Waals surface area contributed by atoms with Gasteiger partial charge in [0.2, 0.25) is 0 Å². The zero-order valence-electron chi connectivity index (χ0n) is 19.8. The highest BCUT2D eigenvalue weighted by Crippen LogP contribution is 2.38. The van der Waals surface area contributed by atoms with Crippen LogP contribution in [0.1, 0.15) is 15.5 Å². The Labute approximate surface area is 214 Å². The van der Waals surface area contributed by atoms with Crippen molar-refractivity contribution in [3.63, 3.8) is 0 Å². The zero-order valence-corrected chi connectivity index (χ0v) is 20.6. The van der Waals surface area contributed by atoms with E-state index in [2.05, 4.69) is 25.3 Å². The van der Waals surface area contributed by atoms with Crippen LogP contribution in [0.2, 0.25) is 0 Å². The Morgan fingerprint density at radius 3 is 2.78 bits per heavy atom. The third-order valence-corrected chi connectivity index (χ3v) is 7.01. The standard InChI is InChI=1S/C25H22N8O3S/c1-31-14-28-21(30-31)13-27-23(34)20-12-18-24(37-20)29-22(26)25(35)33(18)16-7-8-19-17(11-16)32(9-10-36-19)15-5-3-2-4-6-15/h2-8,11-12,14H,9-10,13H2,1H3,(H2,26,29)(H,27,34). The Balaban J connectivity index is 1.40. The minimum atomic E-state index is -0.460. The first-order valence-corrected chi connectivity index (χ1v) is 12.3. The lowest BCUT2D eigenvalue weighted by Gasteiger charge is -2.31. The van der Waals surface area contributed by atoms with Gasteiger partial charge in [0.15, 0.2) is 11.6 Å². The summed E-state index contributed by atoms with van der Waals surface area (Å²) in [4.78, 5) is 37.5. The Morgan fingerprint density at radius 1 is 1.16 bits per heavy atom. The van der Waals surface area contributed by atoms with Gasteiger partial charge in [-0.1, -0.05) is 18.2 Å². The molecule has 2 aromatic carbocycles. The summed E-state index contributed by atoms with van der Waals surface area (Å²) in [5.74, 6) is 0.754. The molecule has 0 unspecified atom stereocenters. The number of nitrogens with one attached hydrogen (secondary N) is 1. The molecule has 0 saturated heterocycles. The number of nitrogen functional groups attached to an aromatic ring is 1. The molecule has 186 valence electrons. The number of amides is 1. The van der Waals surface area contributed by atoms with E-state index < -0.39 is 5.56 Å². The van der Waals surface area contributed by atoms with Crippen molar-refractivity contribution in [3.05, 3.63) is 82.0 Å². The lowest BCUT2D eigenvalue weighted by atomic mass is 10.1. The first-order chi connectivity index (χ1) is 18.0. The number of anilines is 3. The van der Waals surface area contributed by atoms with Crippen molar-refractivity contribution in [2.24, 2.45) is 7.05 Å². The van der Waals surface area contributed by atoms with E-state index >= 15 is 0 Å². The molecule has 1 aliphatic heterocycles. The molecule has 0 atom stereocenters. The molecule has 11 nitrogen and oxygen atoms in total. The number of rotatable bonds is 5. The molecule has 37 heavy (non-hydrogen) atoms. The molecule has 12 heteroatoms. The van der Waals surface area contributed by atoms with Crippen LogP contribution < -0.4 is 26.2 Å². The van der Waals surface area contributed by atoms with Crippen molar-refractivity contribution in [2.75, 3.05) is 23.8 Å². The van der Waals surface area contributed by atoms with Crippen molar-refractivity contribution < 1.29 is 9.53 Å². The van der Waals surface area contributed by atoms with Crippen LogP contribution in [-0.2, 0) is 13.6 Å². The van der Waals surface area contributed by atoms with Gasteiger partial charge in [0.05, 0.1) is 34.9 Å². The van der Waals surface area contributed by atoms with Crippen LogP contribution in [0.5, 0.6) is 5.75 Å². The van der Waals surface area contributed by atoms with Crippen molar-refractivity contribution in [1.29, 1.82) is 0 Å². The zero-order chi connectivity index (χ0) is 25.5. The molecule has 3 aromatic heterocycles. The second-order valence-electron chi connectivity index (χ2n) is 8.44. The number of hydrogen-bond acceptors (Lipinski definition) is 9. The van der Waals surface area contributed by atoms with E-state index in [1.54, 1.807) is 30.2 Å². The highest BCUT2D eigenvalue weighted by molar-refractivity contribution is 7.20. The molecule has 3 N–H and O–H groups in total. The van der Waals surface area contributed by atoms with Gasteiger partial charge in [0, 0.05) is 12.7 Å². The first kappa shape index (κ1) is 22.7. The summed E-state index contributed by atoms with van der Waals surface area (Å²) in [6, 6.07) is 17.2. The third kappa shape index (κ3) is 4.16. The summed E-state index contributed by atoms with van der Waals surface area (Å²) in [6.07, 6.45) is 1.56. The number of ether oxygens (including phenoxy) is 1. The van der Waals surface area contributed by atoms with Crippen molar-refractivity contribution in [1.82, 2.24) is 29.6 Å². The van der Waals surface area contributed by atoms with Crippen LogP contribution in [0.15, 0.2) is 65.7 Å². The number of thiophene rings is 1. The predicted octanol–water partition coefficient (Wildman–Crippen LogP) is 2.62. The number of hydrogen-bond donors (Lipinski definition) is 2. The van der Waals surface area contributed by atoms with Gasteiger partial charge in [-0.3, -0.25) is 18.8 Å². The van der Waals surface area contributed by atoms with Gasteiger partial charge in [0.1, 0.15) is 23.5 Å². The Hall–Kier alpha value is -4.71. The Bertz CT molecular complexity index is 1690. The van der Waals surface area contributed by atoms with E-state index in [9.17, 15) is 9.59 Å². The van der Waals surface area contributed by atoms with Crippen LogP contribution in [0.25, 0.3) is 16.0 Å². The summed E-state index contributed by atoms with van der Waals surface area (Å²) in [5.41, 5.74) is 8.49. The van der Waals surface area contributed by atoms with E-state index in [-0.39, 0.29) is 18.3 Å². The van der Waals surface area contributed by atoms with E-state index in [0.717, 1.165) is 28.5 Å². The average Bonchev–Trinajstić information content (AvgIpc) is 3.53. The van der Waals surface area contributed by atoms with E-state index in [1.165, 1.54) is 4.57 Å². The molecule has 0 spiro atoms. The van der Waals surface area contributed by atoms with E-state index in [1.807, 2.05) is 42.5 Å². The second kappa shape index (κ2) is 9.06. The quantitative estimate of drug-likeness (QED) is 0.366. The minimum absolute atomic E-state index is 0.145. The number of carbonyl (C=O) groups is 1. The maximum atomic E-state index is 13.2. The number of carbonyl (C=O) groups excluding carboxylic acids is 1. The number of nitrogens with two attached hydrogens (primary N) is 1. The van der Waals surface area contributed by atoms with Gasteiger partial charge in [0.25, 0.3) is 11.5 Å². The smallest absolute Gasteiger partial charge is 0.298 e. The summed E-state index contributed by atoms with van der Waals surface area (Å²) in [6.45, 7) is 1.39. The Kier molecular flexibility index (Phi) is 5.57. The molecule has 5 aromatic rings. The third-order valence-electron chi connectivity index (χ3n) is 5.99. The molecule has 4 heterocycles. The van der Waals surface area contributed by atoms with Crippen LogP contribution in [0, 0.1) is 0 Å². The SMILES string of the molecule is Cn1cnc(CNC(=O)c2cc3c(nc(N)c(=O)n3-c3ccc4c(c3)N(c3ccccc3)CCO4)s2)n1. The van der Waals surface area contributed by atoms with E-state index in [0.29, 0.717) is 39.9 Å². The molecule has 0 saturated carbocycles. The molecule has 0 aliphatic carbocycles. The monoisotopic (exact) mass is 514 g/mol.